The van der Waals surface area contributed by atoms with Crippen molar-refractivity contribution in [3.63, 3.8) is 0 Å². The maximum atomic E-state index is 14.8. The van der Waals surface area contributed by atoms with Crippen molar-refractivity contribution in [2.45, 2.75) is 44.1 Å². The normalized spacial score (nSPS) is 17.7. The predicted molar refractivity (Wildman–Crippen MR) is 117 cm³/mol. The monoisotopic (exact) mass is 478 g/mol. The van der Waals surface area contributed by atoms with E-state index < -0.39 is 17.3 Å². The Morgan fingerprint density at radius 3 is 2.44 bits per heavy atom. The minimum Gasteiger partial charge on any atom is -0.493 e. The lowest BCUT2D eigenvalue weighted by Crippen LogP contribution is -2.33. The summed E-state index contributed by atoms with van der Waals surface area (Å²) >= 11 is 0. The van der Waals surface area contributed by atoms with Crippen molar-refractivity contribution < 1.29 is 31.8 Å². The molecule has 0 radical (unpaired) electrons. The van der Waals surface area contributed by atoms with E-state index in [-0.39, 0.29) is 18.0 Å². The molecule has 5 nitrogen and oxygen atoms in total. The molecule has 0 unspecified atom stereocenters. The SMILES string of the molecule is N#Cc1ccc(N2CCC(c3ccc(OCCCC4OCCO4)cc3F)CC2)cc1C(F)(F)F. The maximum Gasteiger partial charge on any atom is 0.417 e. The van der Waals surface area contributed by atoms with Crippen molar-refractivity contribution in [2.75, 3.05) is 37.8 Å². The smallest absolute Gasteiger partial charge is 0.417 e. The Kier molecular flexibility index (Phi) is 7.59. The van der Waals surface area contributed by atoms with Gasteiger partial charge in [0.1, 0.15) is 11.6 Å². The van der Waals surface area contributed by atoms with Crippen LogP contribution in [0.5, 0.6) is 5.75 Å². The first-order valence-corrected chi connectivity index (χ1v) is 11.4. The summed E-state index contributed by atoms with van der Waals surface area (Å²) in [6.07, 6.45) is -2.09. The minimum absolute atomic E-state index is 0.0255. The van der Waals surface area contributed by atoms with Crippen LogP contribution in [0.4, 0.5) is 23.2 Å². The van der Waals surface area contributed by atoms with E-state index >= 15 is 0 Å². The number of benzene rings is 2. The van der Waals surface area contributed by atoms with Gasteiger partial charge in [0, 0.05) is 31.3 Å². The lowest BCUT2D eigenvalue weighted by Gasteiger charge is -2.34. The van der Waals surface area contributed by atoms with Crippen LogP contribution >= 0.6 is 0 Å². The highest BCUT2D eigenvalue weighted by molar-refractivity contribution is 5.55. The molecule has 2 aromatic carbocycles. The van der Waals surface area contributed by atoms with Gasteiger partial charge in [-0.2, -0.15) is 18.4 Å². The molecule has 0 aliphatic carbocycles. The van der Waals surface area contributed by atoms with E-state index in [0.29, 0.717) is 62.8 Å². The molecule has 0 aromatic heterocycles. The van der Waals surface area contributed by atoms with Crippen molar-refractivity contribution in [1.82, 2.24) is 0 Å². The summed E-state index contributed by atoms with van der Waals surface area (Å²) in [6.45, 7) is 2.65. The van der Waals surface area contributed by atoms with Crippen LogP contribution in [-0.4, -0.2) is 39.2 Å². The van der Waals surface area contributed by atoms with Gasteiger partial charge in [-0.05, 0) is 55.0 Å². The fourth-order valence-electron chi connectivity index (χ4n) is 4.45. The molecule has 34 heavy (non-hydrogen) atoms. The first-order chi connectivity index (χ1) is 16.3. The Hall–Kier alpha value is -2.83. The molecule has 0 saturated carbocycles. The van der Waals surface area contributed by atoms with Crippen LogP contribution in [0.3, 0.4) is 0 Å². The van der Waals surface area contributed by atoms with Gasteiger partial charge in [-0.3, -0.25) is 0 Å². The molecule has 2 fully saturated rings. The van der Waals surface area contributed by atoms with E-state index in [1.165, 1.54) is 18.2 Å². The zero-order valence-electron chi connectivity index (χ0n) is 18.6. The van der Waals surface area contributed by atoms with E-state index in [2.05, 4.69) is 0 Å². The average molecular weight is 478 g/mol. The van der Waals surface area contributed by atoms with Crippen LogP contribution in [0.1, 0.15) is 48.3 Å². The second-order valence-electron chi connectivity index (χ2n) is 8.45. The summed E-state index contributed by atoms with van der Waals surface area (Å²) in [5.74, 6) is 0.0998. The number of nitrogens with zero attached hydrogens (tertiary/aromatic N) is 2. The number of halogens is 4. The molecule has 2 aliphatic heterocycles. The van der Waals surface area contributed by atoms with Crippen LogP contribution in [0.25, 0.3) is 0 Å². The first-order valence-electron chi connectivity index (χ1n) is 11.4. The van der Waals surface area contributed by atoms with Gasteiger partial charge >= 0.3 is 6.18 Å². The molecule has 182 valence electrons. The largest absolute Gasteiger partial charge is 0.493 e. The van der Waals surface area contributed by atoms with Crippen LogP contribution in [0.15, 0.2) is 36.4 Å². The average Bonchev–Trinajstić information content (AvgIpc) is 3.35. The zero-order valence-corrected chi connectivity index (χ0v) is 18.6. The molecule has 0 amide bonds. The number of ether oxygens (including phenoxy) is 3. The molecular weight excluding hydrogens is 452 g/mol. The van der Waals surface area contributed by atoms with Crippen molar-refractivity contribution in [3.05, 3.63) is 58.9 Å². The summed E-state index contributed by atoms with van der Waals surface area (Å²) < 4.78 is 71.0. The van der Waals surface area contributed by atoms with Crippen LogP contribution < -0.4 is 9.64 Å². The van der Waals surface area contributed by atoms with Gasteiger partial charge < -0.3 is 19.1 Å². The van der Waals surface area contributed by atoms with Crippen molar-refractivity contribution in [2.24, 2.45) is 0 Å². The van der Waals surface area contributed by atoms with Gasteiger partial charge in [-0.15, -0.1) is 0 Å². The third-order valence-electron chi connectivity index (χ3n) is 6.24. The van der Waals surface area contributed by atoms with Crippen LogP contribution in [0.2, 0.25) is 0 Å². The highest BCUT2D eigenvalue weighted by atomic mass is 19.4. The second kappa shape index (κ2) is 10.6. The molecule has 0 atom stereocenters. The minimum atomic E-state index is -4.59. The molecule has 2 heterocycles. The van der Waals surface area contributed by atoms with Gasteiger partial charge in [0.15, 0.2) is 6.29 Å². The summed E-state index contributed by atoms with van der Waals surface area (Å²) in [7, 11) is 0. The van der Waals surface area contributed by atoms with Crippen molar-refractivity contribution in [1.29, 1.82) is 5.26 Å². The molecule has 0 spiro atoms. The Morgan fingerprint density at radius 1 is 1.06 bits per heavy atom. The summed E-state index contributed by atoms with van der Waals surface area (Å²) in [6, 6.07) is 10.2. The van der Waals surface area contributed by atoms with Gasteiger partial charge in [0.05, 0.1) is 37.0 Å². The fraction of sp³-hybridized carbons (Fsp3) is 0.480. The number of alkyl halides is 3. The van der Waals surface area contributed by atoms with E-state index in [9.17, 15) is 17.6 Å². The number of nitriles is 1. The highest BCUT2D eigenvalue weighted by Gasteiger charge is 2.34. The van der Waals surface area contributed by atoms with Gasteiger partial charge in [-0.25, -0.2) is 4.39 Å². The molecule has 2 aromatic rings. The van der Waals surface area contributed by atoms with Crippen LogP contribution in [-0.2, 0) is 15.7 Å². The fourth-order valence-corrected chi connectivity index (χ4v) is 4.45. The van der Waals surface area contributed by atoms with Crippen molar-refractivity contribution in [3.8, 4) is 11.8 Å². The number of rotatable bonds is 7. The number of hydrogen-bond donors (Lipinski definition) is 0. The second-order valence-corrected chi connectivity index (χ2v) is 8.45. The quantitative estimate of drug-likeness (QED) is 0.381. The van der Waals surface area contributed by atoms with Crippen molar-refractivity contribution >= 4 is 5.69 Å². The van der Waals surface area contributed by atoms with E-state index in [0.717, 1.165) is 18.9 Å². The highest BCUT2D eigenvalue weighted by Crippen LogP contribution is 2.37. The number of hydrogen-bond acceptors (Lipinski definition) is 5. The molecule has 2 aliphatic rings. The summed E-state index contributed by atoms with van der Waals surface area (Å²) in [5.41, 5.74) is -0.312. The third kappa shape index (κ3) is 5.80. The van der Waals surface area contributed by atoms with Gasteiger partial charge in [0.25, 0.3) is 0 Å². The molecule has 9 heteroatoms. The lowest BCUT2D eigenvalue weighted by atomic mass is 9.88. The lowest BCUT2D eigenvalue weighted by molar-refractivity contribution is -0.137. The molecular formula is C25H26F4N2O3. The van der Waals surface area contributed by atoms with E-state index in [4.69, 9.17) is 19.5 Å². The predicted octanol–water partition coefficient (Wildman–Crippen LogP) is 5.63. The topological polar surface area (TPSA) is 54.7 Å². The van der Waals surface area contributed by atoms with Crippen LogP contribution in [0, 0.1) is 17.1 Å². The Labute approximate surface area is 195 Å². The summed E-state index contributed by atoms with van der Waals surface area (Å²) in [4.78, 5) is 1.85. The Morgan fingerprint density at radius 2 is 1.79 bits per heavy atom. The van der Waals surface area contributed by atoms with Gasteiger partial charge in [0.2, 0.25) is 0 Å². The molecule has 2 saturated heterocycles. The molecule has 0 bridgehead atoms. The molecule has 4 rings (SSSR count). The standard InChI is InChI=1S/C25H26F4N2O3/c26-23-15-20(32-11-1-2-24-33-12-13-34-24)5-6-21(23)17-7-9-31(10-8-17)19-4-3-18(16-30)22(14-19)25(27,28)29/h3-6,14-15,17,24H,1-2,7-13H2. The Balaban J connectivity index is 1.32. The summed E-state index contributed by atoms with van der Waals surface area (Å²) in [5, 5.41) is 8.98. The number of piperidine rings is 1. The third-order valence-corrected chi connectivity index (χ3v) is 6.24. The first kappa shape index (κ1) is 24.3. The number of anilines is 1. The maximum absolute atomic E-state index is 14.8. The zero-order chi connectivity index (χ0) is 24.1. The van der Waals surface area contributed by atoms with E-state index in [1.54, 1.807) is 18.2 Å². The van der Waals surface area contributed by atoms with Gasteiger partial charge in [-0.1, -0.05) is 6.07 Å². The Bertz CT molecular complexity index is 1020. The van der Waals surface area contributed by atoms with E-state index in [1.807, 2.05) is 4.90 Å². The molecule has 0 N–H and O–H groups in total.